The number of hydrogen-bond acceptors (Lipinski definition) is 8. The maximum absolute atomic E-state index is 13.2. The van der Waals surface area contributed by atoms with Gasteiger partial charge in [0.05, 0.1) is 47.7 Å². The molecule has 9 heteroatoms. The van der Waals surface area contributed by atoms with Gasteiger partial charge in [-0.25, -0.2) is 9.59 Å². The van der Waals surface area contributed by atoms with Gasteiger partial charge in [-0.05, 0) is 38.0 Å². The minimum Gasteiger partial charge on any atom is -0.497 e. The van der Waals surface area contributed by atoms with Gasteiger partial charge in [0.15, 0.2) is 0 Å². The van der Waals surface area contributed by atoms with Crippen molar-refractivity contribution in [3.05, 3.63) is 51.8 Å². The molecule has 2 aliphatic rings. The zero-order valence-electron chi connectivity index (χ0n) is 18.7. The molecule has 1 aromatic carbocycles. The summed E-state index contributed by atoms with van der Waals surface area (Å²) in [6, 6.07) is 7.04. The number of fused-ring (bicyclic) bond motifs is 1. The molecule has 1 amide bonds. The fraction of sp³-hybridized carbons (Fsp3) is 0.435. The van der Waals surface area contributed by atoms with Crippen LogP contribution in [0, 0.1) is 0 Å². The maximum Gasteiger partial charge on any atom is 0.338 e. The van der Waals surface area contributed by atoms with Crippen molar-refractivity contribution in [1.29, 1.82) is 0 Å². The first-order chi connectivity index (χ1) is 15.3. The molecule has 1 saturated heterocycles. The van der Waals surface area contributed by atoms with E-state index in [4.69, 9.17) is 19.9 Å². The molecule has 0 radical (unpaired) electrons. The molecule has 0 saturated carbocycles. The maximum atomic E-state index is 13.2. The van der Waals surface area contributed by atoms with Crippen molar-refractivity contribution in [3.63, 3.8) is 0 Å². The molecule has 2 aliphatic heterocycles. The summed E-state index contributed by atoms with van der Waals surface area (Å²) in [5, 5.41) is -0.0780. The number of rotatable bonds is 8. The summed E-state index contributed by atoms with van der Waals surface area (Å²) >= 11 is 1.22. The van der Waals surface area contributed by atoms with Gasteiger partial charge in [-0.2, -0.15) is 0 Å². The summed E-state index contributed by atoms with van der Waals surface area (Å²) in [5.41, 5.74) is 7.26. The molecule has 2 heterocycles. The lowest BCUT2D eigenvalue weighted by molar-refractivity contribution is -0.140. The normalized spacial score (nSPS) is 20.4. The number of benzene rings is 1. The number of unbranched alkanes of at least 4 members (excludes halogenated alkanes) is 1. The van der Waals surface area contributed by atoms with Gasteiger partial charge in [-0.15, -0.1) is 0 Å². The number of methoxy groups -OCH3 is 1. The number of hydrogen-bond donors (Lipinski definition) is 1. The predicted octanol–water partition coefficient (Wildman–Crippen LogP) is 3.04. The first-order valence-corrected chi connectivity index (χ1v) is 11.5. The van der Waals surface area contributed by atoms with Crippen LogP contribution in [0.4, 0.5) is 0 Å². The SMILES string of the molecule is CCCCOC(=O)C1=C(N)N2C(=O)[C@H](C)SC2=C(C(=O)OCC)[C@H]1c1cccc(OC)c1. The second-order valence-electron chi connectivity index (χ2n) is 7.37. The molecule has 1 aromatic rings. The molecular weight excluding hydrogens is 432 g/mol. The van der Waals surface area contributed by atoms with Crippen LogP contribution in [0.3, 0.4) is 0 Å². The van der Waals surface area contributed by atoms with Gasteiger partial charge in [-0.1, -0.05) is 37.2 Å². The first-order valence-electron chi connectivity index (χ1n) is 10.6. The third kappa shape index (κ3) is 4.34. The van der Waals surface area contributed by atoms with Gasteiger partial charge in [-0.3, -0.25) is 9.69 Å². The van der Waals surface area contributed by atoms with Crippen molar-refractivity contribution in [2.75, 3.05) is 20.3 Å². The third-order valence-corrected chi connectivity index (χ3v) is 6.44. The highest BCUT2D eigenvalue weighted by molar-refractivity contribution is 8.04. The van der Waals surface area contributed by atoms with Crippen molar-refractivity contribution in [2.24, 2.45) is 5.73 Å². The zero-order chi connectivity index (χ0) is 23.4. The van der Waals surface area contributed by atoms with Gasteiger partial charge in [0.25, 0.3) is 0 Å². The average Bonchev–Trinajstić information content (AvgIpc) is 3.08. The van der Waals surface area contributed by atoms with Crippen LogP contribution in [-0.4, -0.2) is 48.3 Å². The molecule has 0 unspecified atom stereocenters. The van der Waals surface area contributed by atoms with E-state index in [2.05, 4.69) is 0 Å². The van der Waals surface area contributed by atoms with Crippen LogP contribution >= 0.6 is 11.8 Å². The minimum absolute atomic E-state index is 0.0239. The highest BCUT2D eigenvalue weighted by atomic mass is 32.2. The number of carbonyl (C=O) groups is 3. The first kappa shape index (κ1) is 23.7. The topological polar surface area (TPSA) is 108 Å². The van der Waals surface area contributed by atoms with Crippen molar-refractivity contribution in [3.8, 4) is 5.75 Å². The molecule has 8 nitrogen and oxygen atoms in total. The van der Waals surface area contributed by atoms with E-state index in [1.807, 2.05) is 6.92 Å². The lowest BCUT2D eigenvalue weighted by Crippen LogP contribution is -2.40. The summed E-state index contributed by atoms with van der Waals surface area (Å²) in [6.07, 6.45) is 1.53. The third-order valence-electron chi connectivity index (χ3n) is 5.26. The summed E-state index contributed by atoms with van der Waals surface area (Å²) in [4.78, 5) is 40.5. The number of esters is 2. The highest BCUT2D eigenvalue weighted by Crippen LogP contribution is 2.50. The number of nitrogens with two attached hydrogens (primary N) is 1. The lowest BCUT2D eigenvalue weighted by Gasteiger charge is -2.33. The average molecular weight is 461 g/mol. The quantitative estimate of drug-likeness (QED) is 0.466. The van der Waals surface area contributed by atoms with Gasteiger partial charge in [0.2, 0.25) is 5.91 Å². The molecular formula is C23H28N2O6S. The molecule has 0 bridgehead atoms. The van der Waals surface area contributed by atoms with Crippen molar-refractivity contribution in [2.45, 2.75) is 44.8 Å². The van der Waals surface area contributed by atoms with Crippen molar-refractivity contribution < 1.29 is 28.6 Å². The van der Waals surface area contributed by atoms with Crippen LogP contribution in [0.25, 0.3) is 0 Å². The summed E-state index contributed by atoms with van der Waals surface area (Å²) < 4.78 is 16.2. The molecule has 2 N–H and O–H groups in total. The Morgan fingerprint density at radius 2 is 1.88 bits per heavy atom. The monoisotopic (exact) mass is 460 g/mol. The summed E-state index contributed by atoms with van der Waals surface area (Å²) in [5.74, 6) is -1.91. The number of nitrogens with zero attached hydrogens (tertiary/aromatic N) is 1. The van der Waals surface area contributed by atoms with E-state index in [0.717, 1.165) is 6.42 Å². The van der Waals surface area contributed by atoms with Crippen molar-refractivity contribution in [1.82, 2.24) is 4.90 Å². The Morgan fingerprint density at radius 1 is 1.16 bits per heavy atom. The molecule has 0 aliphatic carbocycles. The van der Waals surface area contributed by atoms with Crippen molar-refractivity contribution >= 4 is 29.6 Å². The van der Waals surface area contributed by atoms with E-state index in [0.29, 0.717) is 22.8 Å². The van der Waals surface area contributed by atoms with Crippen LogP contribution in [0.2, 0.25) is 0 Å². The predicted molar refractivity (Wildman–Crippen MR) is 120 cm³/mol. The highest BCUT2D eigenvalue weighted by Gasteiger charge is 2.49. The standard InChI is InChI=1S/C23H28N2O6S/c1-5-7-11-31-22(27)17-16(14-9-8-10-15(12-14)29-4)18(23(28)30-6-2)21-25(19(17)24)20(26)13(3)32-21/h8-10,12-13,16H,5-7,11,24H2,1-4H3/t13-,16-/m0/s1. The number of carbonyl (C=O) groups excluding carboxylic acids is 3. The molecule has 0 aromatic heterocycles. The van der Waals surface area contributed by atoms with Crippen LogP contribution in [-0.2, 0) is 23.9 Å². The summed E-state index contributed by atoms with van der Waals surface area (Å²) in [6.45, 7) is 5.76. The van der Waals surface area contributed by atoms with E-state index < -0.39 is 23.1 Å². The second kappa shape index (κ2) is 10.1. The van der Waals surface area contributed by atoms with E-state index in [9.17, 15) is 14.4 Å². The van der Waals surface area contributed by atoms with E-state index in [-0.39, 0.29) is 36.1 Å². The molecule has 172 valence electrons. The Hall–Kier alpha value is -2.94. The molecule has 0 spiro atoms. The largest absolute Gasteiger partial charge is 0.497 e. The van der Waals surface area contributed by atoms with E-state index in [1.54, 1.807) is 38.1 Å². The van der Waals surface area contributed by atoms with Gasteiger partial charge < -0.3 is 19.9 Å². The lowest BCUT2D eigenvalue weighted by atomic mass is 9.82. The fourth-order valence-corrected chi connectivity index (χ4v) is 4.84. The smallest absolute Gasteiger partial charge is 0.338 e. The Bertz CT molecular complexity index is 986. The van der Waals surface area contributed by atoms with Crippen LogP contribution in [0.15, 0.2) is 46.3 Å². The Balaban J connectivity index is 2.23. The summed E-state index contributed by atoms with van der Waals surface area (Å²) in [7, 11) is 1.53. The van der Waals surface area contributed by atoms with Gasteiger partial charge in [0.1, 0.15) is 11.6 Å². The van der Waals surface area contributed by atoms with Gasteiger partial charge in [0, 0.05) is 0 Å². The number of thioether (sulfide) groups is 1. The second-order valence-corrected chi connectivity index (χ2v) is 8.70. The minimum atomic E-state index is -0.866. The number of ether oxygens (including phenoxy) is 3. The van der Waals surface area contributed by atoms with Crippen LogP contribution in [0.5, 0.6) is 5.75 Å². The Morgan fingerprint density at radius 3 is 2.53 bits per heavy atom. The Labute approximate surface area is 191 Å². The Kier molecular flexibility index (Phi) is 7.50. The molecule has 1 fully saturated rings. The van der Waals surface area contributed by atoms with E-state index >= 15 is 0 Å². The molecule has 2 atom stereocenters. The zero-order valence-corrected chi connectivity index (χ0v) is 19.5. The van der Waals surface area contributed by atoms with Crippen LogP contribution < -0.4 is 10.5 Å². The molecule has 3 rings (SSSR count). The van der Waals surface area contributed by atoms with Crippen LogP contribution in [0.1, 0.15) is 45.1 Å². The van der Waals surface area contributed by atoms with Gasteiger partial charge >= 0.3 is 11.9 Å². The van der Waals surface area contributed by atoms with E-state index in [1.165, 1.54) is 23.8 Å². The molecule has 32 heavy (non-hydrogen) atoms. The fourth-order valence-electron chi connectivity index (χ4n) is 3.68. The number of amides is 1.